The molecule has 0 aliphatic rings. The van der Waals surface area contributed by atoms with Crippen LogP contribution in [0.25, 0.3) is 0 Å². The van der Waals surface area contributed by atoms with E-state index in [4.69, 9.17) is 4.74 Å². The highest BCUT2D eigenvalue weighted by atomic mass is 16.5. The number of rotatable bonds is 43. The van der Waals surface area contributed by atoms with Gasteiger partial charge in [-0.15, -0.1) is 0 Å². The number of unbranched alkanes of at least 4 members (excludes halogenated alkanes) is 26. The molecule has 1 amide bonds. The molecular weight excluding hydrogens is 695 g/mol. The molecule has 0 rings (SSSR count). The lowest BCUT2D eigenvalue weighted by atomic mass is 10.0. The van der Waals surface area contributed by atoms with Crippen LogP contribution in [0.15, 0.2) is 36.5 Å². The Hall–Kier alpha value is -1.92. The number of amides is 1. The van der Waals surface area contributed by atoms with Crippen LogP contribution in [0.5, 0.6) is 0 Å². The molecule has 0 aromatic carbocycles. The lowest BCUT2D eigenvalue weighted by Crippen LogP contribution is -2.46. The third-order valence-electron chi connectivity index (χ3n) is 11.0. The third kappa shape index (κ3) is 38.9. The largest absolute Gasteiger partial charge is 0.462 e. The first-order chi connectivity index (χ1) is 27.5. The second-order valence-electron chi connectivity index (χ2n) is 16.5. The molecule has 0 heterocycles. The first-order valence-corrected chi connectivity index (χ1v) is 24.2. The number of carbonyl (C=O) groups excluding carboxylic acids is 2. The average molecular weight is 788 g/mol. The SMILES string of the molecule is CCCCC/C=C/C=C/CCCCCCC(CC(=O)NC(CO)C(O)CCCCCCCCCCCCC)OC(=O)CCCCC/C=C\CCCCCCCC. The van der Waals surface area contributed by atoms with E-state index < -0.39 is 18.2 Å². The van der Waals surface area contributed by atoms with Gasteiger partial charge in [0.1, 0.15) is 6.10 Å². The maximum Gasteiger partial charge on any atom is 0.306 e. The highest BCUT2D eigenvalue weighted by Crippen LogP contribution is 2.17. The molecule has 0 saturated heterocycles. The topological polar surface area (TPSA) is 95.9 Å². The van der Waals surface area contributed by atoms with Gasteiger partial charge in [0.25, 0.3) is 0 Å². The van der Waals surface area contributed by atoms with Crippen LogP contribution >= 0.6 is 0 Å². The molecule has 328 valence electrons. The van der Waals surface area contributed by atoms with Crippen molar-refractivity contribution in [3.05, 3.63) is 36.5 Å². The quantitative estimate of drug-likeness (QED) is 0.0247. The van der Waals surface area contributed by atoms with E-state index >= 15 is 0 Å². The zero-order chi connectivity index (χ0) is 41.0. The van der Waals surface area contributed by atoms with Crippen LogP contribution in [0.2, 0.25) is 0 Å². The number of allylic oxidation sites excluding steroid dienone is 6. The molecular formula is C50H93NO5. The summed E-state index contributed by atoms with van der Waals surface area (Å²) < 4.78 is 5.90. The Labute approximate surface area is 347 Å². The molecule has 6 nitrogen and oxygen atoms in total. The predicted molar refractivity (Wildman–Crippen MR) is 241 cm³/mol. The van der Waals surface area contributed by atoms with E-state index in [1.165, 1.54) is 116 Å². The van der Waals surface area contributed by atoms with Crippen molar-refractivity contribution in [2.24, 2.45) is 0 Å². The van der Waals surface area contributed by atoms with E-state index in [0.29, 0.717) is 19.3 Å². The minimum atomic E-state index is -0.792. The van der Waals surface area contributed by atoms with E-state index in [1.807, 2.05) is 0 Å². The molecule has 0 bridgehead atoms. The Bertz CT molecular complexity index is 930. The second kappa shape index (κ2) is 44.2. The van der Waals surface area contributed by atoms with E-state index in [9.17, 15) is 19.8 Å². The molecule has 0 spiro atoms. The normalized spacial score (nSPS) is 13.6. The molecule has 56 heavy (non-hydrogen) atoms. The maximum atomic E-state index is 13.1. The fraction of sp³-hybridized carbons (Fsp3) is 0.840. The van der Waals surface area contributed by atoms with Crippen LogP contribution < -0.4 is 5.32 Å². The minimum absolute atomic E-state index is 0.0597. The van der Waals surface area contributed by atoms with Crippen molar-refractivity contribution in [3.8, 4) is 0 Å². The molecule has 3 unspecified atom stereocenters. The molecule has 0 radical (unpaired) electrons. The van der Waals surface area contributed by atoms with Gasteiger partial charge in [-0.1, -0.05) is 192 Å². The fourth-order valence-electron chi connectivity index (χ4n) is 7.24. The molecule has 0 aliphatic carbocycles. The van der Waals surface area contributed by atoms with Crippen LogP contribution in [-0.4, -0.2) is 46.9 Å². The molecule has 3 atom stereocenters. The molecule has 3 N–H and O–H groups in total. The van der Waals surface area contributed by atoms with Gasteiger partial charge in [0.2, 0.25) is 5.91 Å². The summed E-state index contributed by atoms with van der Waals surface area (Å²) in [5, 5.41) is 23.7. The van der Waals surface area contributed by atoms with Crippen LogP contribution in [-0.2, 0) is 14.3 Å². The number of carbonyl (C=O) groups is 2. The maximum absolute atomic E-state index is 13.1. The van der Waals surface area contributed by atoms with Crippen molar-refractivity contribution in [2.45, 2.75) is 264 Å². The summed E-state index contributed by atoms with van der Waals surface area (Å²) in [4.78, 5) is 26.0. The van der Waals surface area contributed by atoms with Crippen molar-refractivity contribution in [1.29, 1.82) is 0 Å². The van der Waals surface area contributed by atoms with Gasteiger partial charge in [-0.05, 0) is 77.0 Å². The van der Waals surface area contributed by atoms with Crippen molar-refractivity contribution < 1.29 is 24.5 Å². The number of hydrogen-bond acceptors (Lipinski definition) is 5. The van der Waals surface area contributed by atoms with Gasteiger partial charge < -0.3 is 20.3 Å². The lowest BCUT2D eigenvalue weighted by molar-refractivity contribution is -0.151. The van der Waals surface area contributed by atoms with Gasteiger partial charge in [-0.25, -0.2) is 0 Å². The third-order valence-corrected chi connectivity index (χ3v) is 11.0. The summed E-state index contributed by atoms with van der Waals surface area (Å²) in [7, 11) is 0. The lowest BCUT2D eigenvalue weighted by Gasteiger charge is -2.24. The first-order valence-electron chi connectivity index (χ1n) is 24.2. The first kappa shape index (κ1) is 54.1. The van der Waals surface area contributed by atoms with Crippen LogP contribution in [0.4, 0.5) is 0 Å². The van der Waals surface area contributed by atoms with Crippen molar-refractivity contribution in [3.63, 3.8) is 0 Å². The Morgan fingerprint density at radius 2 is 0.911 bits per heavy atom. The summed E-state index contributed by atoms with van der Waals surface area (Å²) >= 11 is 0. The Balaban J connectivity index is 4.64. The fourth-order valence-corrected chi connectivity index (χ4v) is 7.24. The number of ether oxygens (including phenoxy) is 1. The molecule has 6 heteroatoms. The Morgan fingerprint density at radius 3 is 1.41 bits per heavy atom. The van der Waals surface area contributed by atoms with Crippen molar-refractivity contribution >= 4 is 11.9 Å². The Kier molecular flexibility index (Phi) is 42.7. The number of nitrogens with one attached hydrogen (secondary N) is 1. The predicted octanol–water partition coefficient (Wildman–Crippen LogP) is 14.1. The van der Waals surface area contributed by atoms with E-state index in [0.717, 1.165) is 83.5 Å². The molecule has 0 aromatic heterocycles. The summed E-state index contributed by atoms with van der Waals surface area (Å²) in [6, 6.07) is -0.707. The van der Waals surface area contributed by atoms with Gasteiger partial charge in [0.05, 0.1) is 25.2 Å². The van der Waals surface area contributed by atoms with E-state index in [-0.39, 0.29) is 24.9 Å². The molecule has 0 aromatic rings. The highest BCUT2D eigenvalue weighted by Gasteiger charge is 2.24. The summed E-state index contributed by atoms with van der Waals surface area (Å²) in [5.74, 6) is -0.509. The standard InChI is InChI=1S/C50H93NO5/c1-4-7-10-13-16-19-22-24-27-29-32-35-38-41-46(56-50(55)43-40-37-34-31-28-25-23-20-17-14-11-8-5-2)44-49(54)51-47(45-52)48(53)42-39-36-33-30-26-21-18-15-12-9-6-3/h16,19,22,24-25,28,46-48,52-53H,4-15,17-18,20-21,23,26-27,29-45H2,1-3H3,(H,51,54)/b19-16+,24-22+,28-25-. The number of hydrogen-bond donors (Lipinski definition) is 3. The van der Waals surface area contributed by atoms with Crippen LogP contribution in [0.1, 0.15) is 245 Å². The van der Waals surface area contributed by atoms with Gasteiger partial charge in [-0.3, -0.25) is 9.59 Å². The summed E-state index contributed by atoms with van der Waals surface area (Å²) in [6.07, 6.45) is 50.5. The highest BCUT2D eigenvalue weighted by molar-refractivity contribution is 5.77. The number of esters is 1. The zero-order valence-electron chi connectivity index (χ0n) is 37.3. The molecule has 0 aliphatic heterocycles. The van der Waals surface area contributed by atoms with Gasteiger partial charge in [0, 0.05) is 6.42 Å². The summed E-state index contributed by atoms with van der Waals surface area (Å²) in [5.41, 5.74) is 0. The van der Waals surface area contributed by atoms with Gasteiger partial charge >= 0.3 is 5.97 Å². The van der Waals surface area contributed by atoms with Gasteiger partial charge in [0.15, 0.2) is 0 Å². The smallest absolute Gasteiger partial charge is 0.306 e. The van der Waals surface area contributed by atoms with Crippen molar-refractivity contribution in [2.75, 3.05) is 6.61 Å². The second-order valence-corrected chi connectivity index (χ2v) is 16.5. The molecule has 0 saturated carbocycles. The summed E-state index contributed by atoms with van der Waals surface area (Å²) in [6.45, 7) is 6.42. The Morgan fingerprint density at radius 1 is 0.518 bits per heavy atom. The van der Waals surface area contributed by atoms with Crippen LogP contribution in [0, 0.1) is 0 Å². The number of aliphatic hydroxyl groups excluding tert-OH is 2. The van der Waals surface area contributed by atoms with Crippen LogP contribution in [0.3, 0.4) is 0 Å². The zero-order valence-corrected chi connectivity index (χ0v) is 37.3. The average Bonchev–Trinajstić information content (AvgIpc) is 3.19. The van der Waals surface area contributed by atoms with E-state index in [2.05, 4.69) is 62.5 Å². The minimum Gasteiger partial charge on any atom is -0.462 e. The number of aliphatic hydroxyl groups is 2. The van der Waals surface area contributed by atoms with Gasteiger partial charge in [-0.2, -0.15) is 0 Å². The van der Waals surface area contributed by atoms with Crippen molar-refractivity contribution in [1.82, 2.24) is 5.32 Å². The van der Waals surface area contributed by atoms with E-state index in [1.54, 1.807) is 0 Å². The molecule has 0 fully saturated rings. The monoisotopic (exact) mass is 788 g/mol.